The zero-order valence-corrected chi connectivity index (χ0v) is 8.79. The molecule has 1 saturated carbocycles. The molecular formula is C10H21N3. The smallest absolute Gasteiger partial charge is 0.190 e. The molecule has 1 rings (SSSR count). The first-order chi connectivity index (χ1) is 6.24. The van der Waals surface area contributed by atoms with Crippen molar-refractivity contribution in [2.75, 3.05) is 20.1 Å². The third-order valence-corrected chi connectivity index (χ3v) is 2.72. The highest BCUT2D eigenvalue weighted by atomic mass is 15.2. The summed E-state index contributed by atoms with van der Waals surface area (Å²) >= 11 is 0. The highest BCUT2D eigenvalue weighted by Crippen LogP contribution is 2.24. The van der Waals surface area contributed by atoms with Gasteiger partial charge in [0.2, 0.25) is 0 Å². The molecule has 0 atom stereocenters. The van der Waals surface area contributed by atoms with Gasteiger partial charge in [-0.15, -0.1) is 0 Å². The van der Waals surface area contributed by atoms with Gasteiger partial charge in [-0.05, 0) is 25.7 Å². The van der Waals surface area contributed by atoms with Crippen molar-refractivity contribution in [3.05, 3.63) is 0 Å². The Hall–Kier alpha value is -0.730. The van der Waals surface area contributed by atoms with Gasteiger partial charge in [-0.3, -0.25) is 4.99 Å². The average Bonchev–Trinajstić information content (AvgIpc) is 2.57. The van der Waals surface area contributed by atoms with Crippen molar-refractivity contribution in [3.8, 4) is 0 Å². The summed E-state index contributed by atoms with van der Waals surface area (Å²) < 4.78 is 0. The van der Waals surface area contributed by atoms with E-state index in [1.54, 1.807) is 0 Å². The molecule has 3 heteroatoms. The van der Waals surface area contributed by atoms with Gasteiger partial charge in [-0.25, -0.2) is 0 Å². The molecule has 1 aliphatic rings. The lowest BCUT2D eigenvalue weighted by atomic mass is 10.1. The molecule has 0 aliphatic heterocycles. The predicted molar refractivity (Wildman–Crippen MR) is 56.8 cm³/mol. The minimum Gasteiger partial charge on any atom is -0.370 e. The van der Waals surface area contributed by atoms with E-state index in [1.165, 1.54) is 25.7 Å². The number of nitrogens with two attached hydrogens (primary N) is 1. The average molecular weight is 183 g/mol. The molecule has 1 aliphatic carbocycles. The van der Waals surface area contributed by atoms with Gasteiger partial charge in [-0.1, -0.05) is 12.8 Å². The van der Waals surface area contributed by atoms with E-state index < -0.39 is 0 Å². The Morgan fingerprint density at radius 3 is 2.62 bits per heavy atom. The molecule has 1 fully saturated rings. The summed E-state index contributed by atoms with van der Waals surface area (Å²) in [6.07, 6.45) is 5.51. The molecule has 0 spiro atoms. The van der Waals surface area contributed by atoms with Crippen LogP contribution in [0.4, 0.5) is 0 Å². The van der Waals surface area contributed by atoms with Gasteiger partial charge in [0, 0.05) is 20.1 Å². The first-order valence-electron chi connectivity index (χ1n) is 5.25. The second-order valence-corrected chi connectivity index (χ2v) is 3.86. The van der Waals surface area contributed by atoms with Crippen molar-refractivity contribution in [1.29, 1.82) is 0 Å². The van der Waals surface area contributed by atoms with Gasteiger partial charge in [-0.2, -0.15) is 0 Å². The molecule has 0 amide bonds. The molecule has 76 valence electrons. The fourth-order valence-electron chi connectivity index (χ4n) is 1.96. The van der Waals surface area contributed by atoms with Crippen LogP contribution in [-0.4, -0.2) is 31.0 Å². The fourth-order valence-corrected chi connectivity index (χ4v) is 1.96. The number of hydrogen-bond acceptors (Lipinski definition) is 1. The van der Waals surface area contributed by atoms with Crippen molar-refractivity contribution in [3.63, 3.8) is 0 Å². The first kappa shape index (κ1) is 10.4. The number of aliphatic imine (C=N–C) groups is 1. The summed E-state index contributed by atoms with van der Waals surface area (Å²) in [5.41, 5.74) is 5.78. The lowest BCUT2D eigenvalue weighted by Gasteiger charge is -2.21. The predicted octanol–water partition coefficient (Wildman–Crippen LogP) is 1.44. The molecule has 0 aromatic rings. The Kier molecular flexibility index (Phi) is 4.06. The number of hydrogen-bond donors (Lipinski definition) is 1. The third-order valence-electron chi connectivity index (χ3n) is 2.72. The molecule has 0 heterocycles. The van der Waals surface area contributed by atoms with Gasteiger partial charge in [0.25, 0.3) is 0 Å². The molecule has 2 N–H and O–H groups in total. The van der Waals surface area contributed by atoms with Gasteiger partial charge in [0.15, 0.2) is 5.96 Å². The van der Waals surface area contributed by atoms with Gasteiger partial charge in [0.1, 0.15) is 0 Å². The second kappa shape index (κ2) is 5.10. The van der Waals surface area contributed by atoms with Crippen LogP contribution in [-0.2, 0) is 0 Å². The van der Waals surface area contributed by atoms with Gasteiger partial charge < -0.3 is 10.6 Å². The van der Waals surface area contributed by atoms with Crippen LogP contribution in [0.1, 0.15) is 32.6 Å². The molecule has 0 saturated heterocycles. The minimum absolute atomic E-state index is 0.689. The topological polar surface area (TPSA) is 41.6 Å². The maximum atomic E-state index is 5.78. The molecule has 0 radical (unpaired) electrons. The van der Waals surface area contributed by atoms with E-state index >= 15 is 0 Å². The van der Waals surface area contributed by atoms with E-state index in [0.29, 0.717) is 5.96 Å². The van der Waals surface area contributed by atoms with Crippen molar-refractivity contribution < 1.29 is 0 Å². The highest BCUT2D eigenvalue weighted by Gasteiger charge is 2.17. The molecule has 3 nitrogen and oxygen atoms in total. The van der Waals surface area contributed by atoms with Crippen molar-refractivity contribution in [1.82, 2.24) is 4.90 Å². The minimum atomic E-state index is 0.689. The third kappa shape index (κ3) is 3.25. The van der Waals surface area contributed by atoms with Crippen LogP contribution in [0.15, 0.2) is 4.99 Å². The van der Waals surface area contributed by atoms with Crippen LogP contribution in [0, 0.1) is 5.92 Å². The largest absolute Gasteiger partial charge is 0.370 e. The number of guanidine groups is 1. The van der Waals surface area contributed by atoms with E-state index in [-0.39, 0.29) is 0 Å². The van der Waals surface area contributed by atoms with E-state index in [0.717, 1.165) is 19.0 Å². The van der Waals surface area contributed by atoms with Gasteiger partial charge in [0.05, 0.1) is 0 Å². The summed E-state index contributed by atoms with van der Waals surface area (Å²) in [4.78, 5) is 6.27. The van der Waals surface area contributed by atoms with Crippen LogP contribution in [0.2, 0.25) is 0 Å². The molecule has 0 unspecified atom stereocenters. The first-order valence-corrected chi connectivity index (χ1v) is 5.25. The normalized spacial score (nSPS) is 19.4. The van der Waals surface area contributed by atoms with Crippen molar-refractivity contribution in [2.45, 2.75) is 32.6 Å². The van der Waals surface area contributed by atoms with Crippen LogP contribution >= 0.6 is 0 Å². The summed E-state index contributed by atoms with van der Waals surface area (Å²) in [5, 5.41) is 0. The van der Waals surface area contributed by atoms with Crippen LogP contribution in [0.3, 0.4) is 0 Å². The molecule has 0 aromatic heterocycles. The molecular weight excluding hydrogens is 162 g/mol. The lowest BCUT2D eigenvalue weighted by Crippen LogP contribution is -2.37. The van der Waals surface area contributed by atoms with E-state index in [2.05, 4.69) is 9.89 Å². The summed E-state index contributed by atoms with van der Waals surface area (Å²) in [6.45, 7) is 3.87. The maximum absolute atomic E-state index is 5.78. The van der Waals surface area contributed by atoms with Gasteiger partial charge >= 0.3 is 0 Å². The molecule has 13 heavy (non-hydrogen) atoms. The highest BCUT2D eigenvalue weighted by molar-refractivity contribution is 5.77. The maximum Gasteiger partial charge on any atom is 0.190 e. The monoisotopic (exact) mass is 183 g/mol. The lowest BCUT2D eigenvalue weighted by molar-refractivity contribution is 0.385. The Balaban J connectivity index is 2.30. The Labute approximate surface area is 81.0 Å². The van der Waals surface area contributed by atoms with Crippen LogP contribution in [0.5, 0.6) is 0 Å². The quantitative estimate of drug-likeness (QED) is 0.531. The zero-order valence-electron chi connectivity index (χ0n) is 8.79. The van der Waals surface area contributed by atoms with E-state index in [1.807, 2.05) is 14.0 Å². The van der Waals surface area contributed by atoms with Crippen LogP contribution < -0.4 is 5.73 Å². The van der Waals surface area contributed by atoms with Crippen molar-refractivity contribution >= 4 is 5.96 Å². The van der Waals surface area contributed by atoms with E-state index in [4.69, 9.17) is 5.73 Å². The Morgan fingerprint density at radius 1 is 1.46 bits per heavy atom. The SMILES string of the molecule is CCN=C(N)N(C)CC1CCCC1. The Bertz CT molecular complexity index is 171. The number of nitrogens with zero attached hydrogens (tertiary/aromatic N) is 2. The summed E-state index contributed by atoms with van der Waals surface area (Å²) in [5.74, 6) is 1.53. The van der Waals surface area contributed by atoms with E-state index in [9.17, 15) is 0 Å². The van der Waals surface area contributed by atoms with Crippen LogP contribution in [0.25, 0.3) is 0 Å². The Morgan fingerprint density at radius 2 is 2.08 bits per heavy atom. The standard InChI is InChI=1S/C10H21N3/c1-3-12-10(11)13(2)8-9-6-4-5-7-9/h9H,3-8H2,1-2H3,(H2,11,12). The van der Waals surface area contributed by atoms with Crippen molar-refractivity contribution in [2.24, 2.45) is 16.6 Å². The number of rotatable bonds is 3. The molecule has 0 aromatic carbocycles. The molecule has 0 bridgehead atoms. The second-order valence-electron chi connectivity index (χ2n) is 3.86. The summed E-state index contributed by atoms with van der Waals surface area (Å²) in [6, 6.07) is 0. The fraction of sp³-hybridized carbons (Fsp3) is 0.900. The zero-order chi connectivity index (χ0) is 9.68. The summed E-state index contributed by atoms with van der Waals surface area (Å²) in [7, 11) is 2.03.